The van der Waals surface area contributed by atoms with Crippen molar-refractivity contribution in [1.82, 2.24) is 9.55 Å². The van der Waals surface area contributed by atoms with Crippen molar-refractivity contribution in [2.75, 3.05) is 0 Å². The number of carbonyl (C=O) groups is 1. The first-order valence-electron chi connectivity index (χ1n) is 4.62. The minimum absolute atomic E-state index is 0.243. The van der Waals surface area contributed by atoms with Crippen LogP contribution in [0.25, 0.3) is 5.69 Å². The summed E-state index contributed by atoms with van der Waals surface area (Å²) in [4.78, 5) is 14.7. The number of aromatic carboxylic acids is 1. The van der Waals surface area contributed by atoms with Crippen LogP contribution in [0.5, 0.6) is 0 Å². The molecule has 0 amide bonds. The van der Waals surface area contributed by atoms with E-state index in [9.17, 15) is 4.79 Å². The largest absolute Gasteiger partial charge is 0.478 e. The maximum Gasteiger partial charge on any atom is 0.337 e. The average molecular weight is 237 g/mol. The Morgan fingerprint density at radius 3 is 2.94 bits per heavy atom. The monoisotopic (exact) mass is 236 g/mol. The lowest BCUT2D eigenvalue weighted by Crippen LogP contribution is -1.97. The molecule has 2 aromatic heterocycles. The lowest BCUT2D eigenvalue weighted by atomic mass is 10.2. The van der Waals surface area contributed by atoms with Gasteiger partial charge in [-0.15, -0.1) is 0 Å². The van der Waals surface area contributed by atoms with Crippen molar-refractivity contribution in [3.8, 4) is 5.69 Å². The average Bonchev–Trinajstić information content (AvgIpc) is 2.70. The first kappa shape index (κ1) is 10.7. The van der Waals surface area contributed by atoms with Crippen LogP contribution in [0.2, 0.25) is 5.15 Å². The predicted molar refractivity (Wildman–Crippen MR) is 60.3 cm³/mol. The van der Waals surface area contributed by atoms with E-state index in [0.29, 0.717) is 5.15 Å². The predicted octanol–water partition coefficient (Wildman–Crippen LogP) is 2.53. The molecule has 0 aliphatic rings. The van der Waals surface area contributed by atoms with Crippen LogP contribution in [-0.2, 0) is 0 Å². The standard InChI is InChI=1S/C11H9ClN2O2/c1-7-5-13-10(12)4-9(7)14-3-2-8(6-14)11(15)16/h2-6H,1H3,(H,15,16). The summed E-state index contributed by atoms with van der Waals surface area (Å²) in [5.74, 6) is -0.948. The smallest absolute Gasteiger partial charge is 0.337 e. The molecular formula is C11H9ClN2O2. The van der Waals surface area contributed by atoms with Gasteiger partial charge in [-0.05, 0) is 24.6 Å². The van der Waals surface area contributed by atoms with E-state index in [0.717, 1.165) is 11.3 Å². The fourth-order valence-electron chi connectivity index (χ4n) is 1.44. The van der Waals surface area contributed by atoms with Gasteiger partial charge in [-0.2, -0.15) is 0 Å². The van der Waals surface area contributed by atoms with Crippen LogP contribution in [0, 0.1) is 6.92 Å². The Hall–Kier alpha value is -1.81. The van der Waals surface area contributed by atoms with Crippen molar-refractivity contribution in [1.29, 1.82) is 0 Å². The van der Waals surface area contributed by atoms with E-state index < -0.39 is 5.97 Å². The van der Waals surface area contributed by atoms with Gasteiger partial charge in [0.05, 0.1) is 11.3 Å². The van der Waals surface area contributed by atoms with Gasteiger partial charge < -0.3 is 9.67 Å². The van der Waals surface area contributed by atoms with Crippen LogP contribution in [0.1, 0.15) is 15.9 Å². The molecule has 0 atom stereocenters. The van der Waals surface area contributed by atoms with E-state index in [2.05, 4.69) is 4.98 Å². The molecule has 0 fully saturated rings. The van der Waals surface area contributed by atoms with Crippen LogP contribution < -0.4 is 0 Å². The molecule has 0 aliphatic heterocycles. The lowest BCUT2D eigenvalue weighted by molar-refractivity contribution is 0.0697. The van der Waals surface area contributed by atoms with Crippen LogP contribution in [0.15, 0.2) is 30.7 Å². The molecular weight excluding hydrogens is 228 g/mol. The number of nitrogens with zero attached hydrogens (tertiary/aromatic N) is 2. The van der Waals surface area contributed by atoms with Gasteiger partial charge in [-0.1, -0.05) is 11.6 Å². The summed E-state index contributed by atoms with van der Waals surface area (Å²) in [5, 5.41) is 9.20. The van der Waals surface area contributed by atoms with Gasteiger partial charge in [-0.25, -0.2) is 9.78 Å². The molecule has 16 heavy (non-hydrogen) atoms. The van der Waals surface area contributed by atoms with E-state index in [-0.39, 0.29) is 5.56 Å². The number of pyridine rings is 1. The van der Waals surface area contributed by atoms with E-state index in [1.807, 2.05) is 6.92 Å². The number of carboxylic acids is 1. The Balaban J connectivity index is 2.50. The quantitative estimate of drug-likeness (QED) is 0.816. The van der Waals surface area contributed by atoms with Crippen molar-refractivity contribution in [2.24, 2.45) is 0 Å². The van der Waals surface area contributed by atoms with Crippen LogP contribution in [0.3, 0.4) is 0 Å². The number of hydrogen-bond donors (Lipinski definition) is 1. The zero-order valence-electron chi connectivity index (χ0n) is 8.51. The maximum atomic E-state index is 10.7. The third kappa shape index (κ3) is 1.92. The van der Waals surface area contributed by atoms with Gasteiger partial charge in [0.15, 0.2) is 0 Å². The summed E-state index contributed by atoms with van der Waals surface area (Å²) in [5.41, 5.74) is 2.00. The summed E-state index contributed by atoms with van der Waals surface area (Å²) in [7, 11) is 0. The Bertz CT molecular complexity index is 549. The second-order valence-electron chi connectivity index (χ2n) is 3.41. The van der Waals surface area contributed by atoms with E-state index in [1.165, 1.54) is 6.07 Å². The number of halogens is 1. The molecule has 0 aromatic carbocycles. The van der Waals surface area contributed by atoms with E-state index >= 15 is 0 Å². The molecule has 2 aromatic rings. The molecule has 0 bridgehead atoms. The molecule has 5 heteroatoms. The van der Waals surface area contributed by atoms with Crippen LogP contribution in [0.4, 0.5) is 0 Å². The molecule has 0 saturated carbocycles. The highest BCUT2D eigenvalue weighted by Gasteiger charge is 2.07. The Kier molecular flexibility index (Phi) is 2.66. The molecule has 4 nitrogen and oxygen atoms in total. The summed E-state index contributed by atoms with van der Waals surface area (Å²) in [6.45, 7) is 1.89. The summed E-state index contributed by atoms with van der Waals surface area (Å²) in [6.07, 6.45) is 4.88. The zero-order valence-corrected chi connectivity index (χ0v) is 9.27. The lowest BCUT2D eigenvalue weighted by Gasteiger charge is -2.06. The van der Waals surface area contributed by atoms with Crippen molar-refractivity contribution in [3.63, 3.8) is 0 Å². The highest BCUT2D eigenvalue weighted by Crippen LogP contribution is 2.18. The Morgan fingerprint density at radius 2 is 2.31 bits per heavy atom. The fourth-order valence-corrected chi connectivity index (χ4v) is 1.59. The van der Waals surface area contributed by atoms with Gasteiger partial charge in [0.1, 0.15) is 5.15 Å². The van der Waals surface area contributed by atoms with Gasteiger partial charge in [-0.3, -0.25) is 0 Å². The number of carboxylic acid groups (broad SMARTS) is 1. The third-order valence-electron chi connectivity index (χ3n) is 2.26. The number of hydrogen-bond acceptors (Lipinski definition) is 2. The fraction of sp³-hybridized carbons (Fsp3) is 0.0909. The van der Waals surface area contributed by atoms with E-state index in [4.69, 9.17) is 16.7 Å². The molecule has 0 saturated heterocycles. The van der Waals surface area contributed by atoms with Gasteiger partial charge >= 0.3 is 5.97 Å². The molecule has 0 aliphatic carbocycles. The molecule has 0 unspecified atom stereocenters. The third-order valence-corrected chi connectivity index (χ3v) is 2.47. The van der Waals surface area contributed by atoms with Crippen molar-refractivity contribution < 1.29 is 9.90 Å². The van der Waals surface area contributed by atoms with Crippen LogP contribution in [-0.4, -0.2) is 20.6 Å². The minimum atomic E-state index is -0.948. The Morgan fingerprint density at radius 1 is 1.56 bits per heavy atom. The van der Waals surface area contributed by atoms with Crippen LogP contribution >= 0.6 is 11.6 Å². The molecule has 2 heterocycles. The first-order chi connectivity index (χ1) is 7.58. The zero-order chi connectivity index (χ0) is 11.7. The summed E-state index contributed by atoms with van der Waals surface area (Å²) in [6, 6.07) is 3.23. The SMILES string of the molecule is Cc1cnc(Cl)cc1-n1ccc(C(=O)O)c1. The molecule has 1 N–H and O–H groups in total. The second-order valence-corrected chi connectivity index (χ2v) is 3.79. The molecule has 0 spiro atoms. The minimum Gasteiger partial charge on any atom is -0.478 e. The first-order valence-corrected chi connectivity index (χ1v) is 4.99. The summed E-state index contributed by atoms with van der Waals surface area (Å²) >= 11 is 5.80. The molecule has 2 rings (SSSR count). The van der Waals surface area contributed by atoms with Gasteiger partial charge in [0.25, 0.3) is 0 Å². The van der Waals surface area contributed by atoms with Crippen molar-refractivity contribution >= 4 is 17.6 Å². The normalized spacial score (nSPS) is 10.4. The van der Waals surface area contributed by atoms with E-state index in [1.54, 1.807) is 29.2 Å². The molecule has 0 radical (unpaired) electrons. The second kappa shape index (κ2) is 3.98. The number of rotatable bonds is 2. The maximum absolute atomic E-state index is 10.7. The topological polar surface area (TPSA) is 55.1 Å². The van der Waals surface area contributed by atoms with Gasteiger partial charge in [0.2, 0.25) is 0 Å². The number of aromatic nitrogens is 2. The van der Waals surface area contributed by atoms with Crippen molar-refractivity contribution in [2.45, 2.75) is 6.92 Å². The van der Waals surface area contributed by atoms with Gasteiger partial charge in [0, 0.05) is 18.6 Å². The summed E-state index contributed by atoms with van der Waals surface area (Å²) < 4.78 is 1.71. The van der Waals surface area contributed by atoms with Crippen molar-refractivity contribution in [3.05, 3.63) is 47.0 Å². The number of aryl methyl sites for hydroxylation is 1. The Labute approximate surface area is 97.1 Å². The highest BCUT2D eigenvalue weighted by atomic mass is 35.5. The molecule has 82 valence electrons. The highest BCUT2D eigenvalue weighted by molar-refractivity contribution is 6.29.